The standard InChI is InChI=1S/C22H23F3N2O5/c1-15-12-16(5-6-17(15)29-10-11-31-22(23,24)25)20(28)27-9-7-21(18-4-2-3-8-26-18)19(13-27)30-14-32-21/h2-6,8,12,19H,7,9-11,13-14H2,1H3/t19?,21-/m1/s1. The van der Waals surface area contributed by atoms with Crippen molar-refractivity contribution in [1.82, 2.24) is 9.88 Å². The highest BCUT2D eigenvalue weighted by Crippen LogP contribution is 2.41. The third kappa shape index (κ3) is 4.72. The molecule has 1 unspecified atom stereocenters. The Kier molecular flexibility index (Phi) is 6.36. The summed E-state index contributed by atoms with van der Waals surface area (Å²) in [4.78, 5) is 19.2. The van der Waals surface area contributed by atoms with E-state index in [4.69, 9.17) is 14.2 Å². The maximum atomic E-state index is 13.1. The number of piperidine rings is 1. The van der Waals surface area contributed by atoms with Crippen LogP contribution in [0, 0.1) is 6.92 Å². The summed E-state index contributed by atoms with van der Waals surface area (Å²) in [5, 5.41) is 0. The van der Waals surface area contributed by atoms with Gasteiger partial charge in [-0.25, -0.2) is 0 Å². The van der Waals surface area contributed by atoms with Crippen LogP contribution < -0.4 is 4.74 Å². The van der Waals surface area contributed by atoms with Gasteiger partial charge in [0, 0.05) is 24.7 Å². The van der Waals surface area contributed by atoms with Gasteiger partial charge < -0.3 is 19.1 Å². The molecule has 1 amide bonds. The lowest BCUT2D eigenvalue weighted by Gasteiger charge is -2.41. The number of likely N-dealkylation sites (tertiary alicyclic amines) is 1. The highest BCUT2D eigenvalue weighted by Gasteiger charge is 2.52. The molecule has 7 nitrogen and oxygen atoms in total. The molecule has 1 aromatic carbocycles. The van der Waals surface area contributed by atoms with Crippen LogP contribution in [0.5, 0.6) is 5.75 Å². The fourth-order valence-corrected chi connectivity index (χ4v) is 4.08. The maximum absolute atomic E-state index is 13.1. The van der Waals surface area contributed by atoms with Gasteiger partial charge in [0.25, 0.3) is 5.91 Å². The van der Waals surface area contributed by atoms with E-state index in [1.165, 1.54) is 0 Å². The summed E-state index contributed by atoms with van der Waals surface area (Å²) in [7, 11) is 0. The summed E-state index contributed by atoms with van der Waals surface area (Å²) < 4.78 is 56.9. The monoisotopic (exact) mass is 452 g/mol. The topological polar surface area (TPSA) is 70.1 Å². The molecule has 2 atom stereocenters. The van der Waals surface area contributed by atoms with Crippen LogP contribution in [0.2, 0.25) is 0 Å². The molecule has 0 radical (unpaired) electrons. The zero-order chi connectivity index (χ0) is 22.8. The number of aromatic nitrogens is 1. The van der Waals surface area contributed by atoms with Crippen molar-refractivity contribution >= 4 is 5.91 Å². The molecule has 1 aromatic heterocycles. The quantitative estimate of drug-likeness (QED) is 0.626. The number of benzene rings is 1. The minimum absolute atomic E-state index is 0.145. The molecule has 0 spiro atoms. The van der Waals surface area contributed by atoms with Gasteiger partial charge in [0.1, 0.15) is 30.9 Å². The molecule has 172 valence electrons. The van der Waals surface area contributed by atoms with E-state index in [0.717, 1.165) is 5.69 Å². The van der Waals surface area contributed by atoms with Crippen molar-refractivity contribution < 1.29 is 36.9 Å². The van der Waals surface area contributed by atoms with E-state index >= 15 is 0 Å². The minimum atomic E-state index is -4.69. The predicted molar refractivity (Wildman–Crippen MR) is 106 cm³/mol. The molecule has 2 fully saturated rings. The van der Waals surface area contributed by atoms with Crippen molar-refractivity contribution in [2.45, 2.75) is 31.4 Å². The molecular weight excluding hydrogens is 429 g/mol. The van der Waals surface area contributed by atoms with Crippen molar-refractivity contribution in [2.75, 3.05) is 33.1 Å². The molecular formula is C22H23F3N2O5. The Hall–Kier alpha value is -2.69. The lowest BCUT2D eigenvalue weighted by atomic mass is 9.85. The van der Waals surface area contributed by atoms with E-state index < -0.39 is 18.6 Å². The SMILES string of the molecule is Cc1cc(C(=O)N2CC[C@]3(c4ccccn4)OCOC3C2)ccc1OCCOC(F)(F)F. The molecule has 3 heterocycles. The Morgan fingerprint density at radius 2 is 2.12 bits per heavy atom. The first kappa shape index (κ1) is 22.5. The lowest BCUT2D eigenvalue weighted by Crippen LogP contribution is -2.53. The lowest BCUT2D eigenvalue weighted by molar-refractivity contribution is -0.325. The van der Waals surface area contributed by atoms with Crippen molar-refractivity contribution in [2.24, 2.45) is 0 Å². The van der Waals surface area contributed by atoms with Gasteiger partial charge in [-0.3, -0.25) is 14.5 Å². The van der Waals surface area contributed by atoms with Crippen LogP contribution in [0.1, 0.15) is 28.0 Å². The van der Waals surface area contributed by atoms with Gasteiger partial charge in [0.2, 0.25) is 0 Å². The number of halogens is 3. The van der Waals surface area contributed by atoms with E-state index in [0.29, 0.717) is 36.4 Å². The number of pyridine rings is 1. The zero-order valence-electron chi connectivity index (χ0n) is 17.4. The number of amides is 1. The summed E-state index contributed by atoms with van der Waals surface area (Å²) in [6.45, 7) is 1.84. The molecule has 0 N–H and O–H groups in total. The number of ether oxygens (including phenoxy) is 4. The molecule has 4 rings (SSSR count). The molecule has 0 aliphatic carbocycles. The van der Waals surface area contributed by atoms with Crippen LogP contribution in [-0.2, 0) is 19.8 Å². The number of fused-ring (bicyclic) bond motifs is 1. The summed E-state index contributed by atoms with van der Waals surface area (Å²) in [6, 6.07) is 10.5. The first-order chi connectivity index (χ1) is 15.3. The van der Waals surface area contributed by atoms with Crippen LogP contribution in [0.25, 0.3) is 0 Å². The number of aryl methyl sites for hydroxylation is 1. The van der Waals surface area contributed by atoms with E-state index in [2.05, 4.69) is 9.72 Å². The van der Waals surface area contributed by atoms with Gasteiger partial charge in [-0.2, -0.15) is 0 Å². The van der Waals surface area contributed by atoms with Crippen LogP contribution in [0.15, 0.2) is 42.6 Å². The second-order valence-corrected chi connectivity index (χ2v) is 7.65. The Bertz CT molecular complexity index is 956. The minimum Gasteiger partial charge on any atom is -0.491 e. The van der Waals surface area contributed by atoms with E-state index in [-0.39, 0.29) is 25.4 Å². The molecule has 2 aliphatic heterocycles. The fourth-order valence-electron chi connectivity index (χ4n) is 4.08. The van der Waals surface area contributed by atoms with E-state index in [1.807, 2.05) is 18.2 Å². The molecule has 2 aliphatic rings. The van der Waals surface area contributed by atoms with Crippen LogP contribution >= 0.6 is 0 Å². The van der Waals surface area contributed by atoms with Gasteiger partial charge in [-0.05, 0) is 42.8 Å². The van der Waals surface area contributed by atoms with Crippen molar-refractivity contribution in [1.29, 1.82) is 0 Å². The summed E-state index contributed by atoms with van der Waals surface area (Å²) >= 11 is 0. The first-order valence-corrected chi connectivity index (χ1v) is 10.2. The van der Waals surface area contributed by atoms with Crippen LogP contribution in [0.4, 0.5) is 13.2 Å². The second kappa shape index (κ2) is 9.05. The van der Waals surface area contributed by atoms with E-state index in [1.54, 1.807) is 36.2 Å². The number of hydrogen-bond acceptors (Lipinski definition) is 6. The largest absolute Gasteiger partial charge is 0.522 e. The summed E-state index contributed by atoms with van der Waals surface area (Å²) in [5.74, 6) is 0.234. The number of rotatable bonds is 6. The maximum Gasteiger partial charge on any atom is 0.522 e. The zero-order valence-corrected chi connectivity index (χ0v) is 17.4. The molecule has 2 aromatic rings. The van der Waals surface area contributed by atoms with Crippen LogP contribution in [0.3, 0.4) is 0 Å². The summed E-state index contributed by atoms with van der Waals surface area (Å²) in [5.41, 5.74) is 1.24. The average Bonchev–Trinajstić information content (AvgIpc) is 3.21. The molecule has 10 heteroatoms. The Labute approximate surface area is 183 Å². The third-order valence-electron chi connectivity index (χ3n) is 5.66. The molecule has 0 bridgehead atoms. The van der Waals surface area contributed by atoms with E-state index in [9.17, 15) is 18.0 Å². The number of carbonyl (C=O) groups excluding carboxylic acids is 1. The van der Waals surface area contributed by atoms with Crippen molar-refractivity contribution in [3.8, 4) is 5.75 Å². The number of alkyl halides is 3. The van der Waals surface area contributed by atoms with Gasteiger partial charge in [0.15, 0.2) is 0 Å². The highest BCUT2D eigenvalue weighted by atomic mass is 19.4. The third-order valence-corrected chi connectivity index (χ3v) is 5.66. The van der Waals surface area contributed by atoms with Crippen molar-refractivity contribution in [3.63, 3.8) is 0 Å². The Morgan fingerprint density at radius 1 is 1.28 bits per heavy atom. The van der Waals surface area contributed by atoms with Gasteiger partial charge in [-0.1, -0.05) is 6.07 Å². The van der Waals surface area contributed by atoms with Gasteiger partial charge in [-0.15, -0.1) is 13.2 Å². The predicted octanol–water partition coefficient (Wildman–Crippen LogP) is 3.42. The number of nitrogens with zero attached hydrogens (tertiary/aromatic N) is 2. The van der Waals surface area contributed by atoms with Crippen molar-refractivity contribution in [3.05, 3.63) is 59.4 Å². The van der Waals surface area contributed by atoms with Gasteiger partial charge in [0.05, 0.1) is 18.8 Å². The highest BCUT2D eigenvalue weighted by molar-refractivity contribution is 5.94. The van der Waals surface area contributed by atoms with Gasteiger partial charge >= 0.3 is 6.36 Å². The normalized spacial score (nSPS) is 23.1. The molecule has 32 heavy (non-hydrogen) atoms. The second-order valence-electron chi connectivity index (χ2n) is 7.65. The van der Waals surface area contributed by atoms with Crippen LogP contribution in [-0.4, -0.2) is 61.4 Å². The Balaban J connectivity index is 1.39. The number of carbonyl (C=O) groups is 1. The molecule has 0 saturated carbocycles. The number of hydrogen-bond donors (Lipinski definition) is 0. The smallest absolute Gasteiger partial charge is 0.491 e. The average molecular weight is 452 g/mol. The summed E-state index contributed by atoms with van der Waals surface area (Å²) in [6.07, 6.45) is -2.75. The fraction of sp³-hybridized carbons (Fsp3) is 0.455. The Morgan fingerprint density at radius 3 is 2.84 bits per heavy atom. The molecule has 2 saturated heterocycles. The first-order valence-electron chi connectivity index (χ1n) is 10.2.